The molecule has 1 aromatic heterocycles. The highest BCUT2D eigenvalue weighted by Crippen LogP contribution is 2.61. The number of nitrogens with zero attached hydrogens (tertiary/aromatic N) is 2. The highest BCUT2D eigenvalue weighted by molar-refractivity contribution is 5.90. The van der Waals surface area contributed by atoms with Crippen molar-refractivity contribution in [3.8, 4) is 11.3 Å². The molecule has 2 N–H and O–H groups in total. The molecular weight excluding hydrogens is 482 g/mol. The predicted octanol–water partition coefficient (Wildman–Crippen LogP) is 6.45. The van der Waals surface area contributed by atoms with E-state index in [-0.39, 0.29) is 12.5 Å². The number of aliphatic hydroxyl groups is 1. The van der Waals surface area contributed by atoms with Gasteiger partial charge in [-0.25, -0.2) is 9.97 Å². The smallest absolute Gasteiger partial charge is 0.225 e. The molecule has 4 saturated carbocycles. The number of hydrogen-bond acceptors (Lipinski definition) is 4. The van der Waals surface area contributed by atoms with Crippen LogP contribution in [0.2, 0.25) is 0 Å². The largest absolute Gasteiger partial charge is 0.392 e. The molecule has 0 radical (unpaired) electrons. The molecule has 5 nitrogen and oxygen atoms in total. The molecule has 0 aliphatic heterocycles. The second-order valence-electron chi connectivity index (χ2n) is 12.9. The van der Waals surface area contributed by atoms with Gasteiger partial charge in [-0.1, -0.05) is 48.5 Å². The number of fused-ring (bicyclic) bond motifs is 3. The number of anilines is 1. The fraction of sp³-hybridized carbons (Fsp3) is 0.500. The Morgan fingerprint density at radius 1 is 0.923 bits per heavy atom. The molecule has 5 heteroatoms. The highest BCUT2D eigenvalue weighted by Gasteiger charge is 2.51. The molecule has 0 spiro atoms. The molecule has 3 aromatic rings. The molecule has 0 atom stereocenters. The van der Waals surface area contributed by atoms with E-state index in [1.807, 2.05) is 12.1 Å². The topological polar surface area (TPSA) is 75.1 Å². The van der Waals surface area contributed by atoms with Crippen molar-refractivity contribution in [3.05, 3.63) is 76.6 Å². The molecule has 202 valence electrons. The van der Waals surface area contributed by atoms with E-state index in [1.54, 1.807) is 0 Å². The molecule has 4 bridgehead atoms. The van der Waals surface area contributed by atoms with E-state index in [1.165, 1.54) is 49.7 Å². The molecule has 8 rings (SSSR count). The Morgan fingerprint density at radius 3 is 2.38 bits per heavy atom. The van der Waals surface area contributed by atoms with Crippen molar-refractivity contribution in [2.75, 3.05) is 5.32 Å². The third-order valence-corrected chi connectivity index (χ3v) is 9.96. The third kappa shape index (κ3) is 5.02. The van der Waals surface area contributed by atoms with Gasteiger partial charge in [0.2, 0.25) is 5.91 Å². The maximum absolute atomic E-state index is 13.2. The molecule has 0 saturated heterocycles. The number of benzene rings is 2. The molecule has 39 heavy (non-hydrogen) atoms. The third-order valence-electron chi connectivity index (χ3n) is 9.96. The fourth-order valence-corrected chi connectivity index (χ4v) is 8.71. The first kappa shape index (κ1) is 25.0. The monoisotopic (exact) mass is 521 g/mol. The Labute approximate surface area is 231 Å². The number of amides is 1. The summed E-state index contributed by atoms with van der Waals surface area (Å²) in [6, 6.07) is 16.6. The summed E-state index contributed by atoms with van der Waals surface area (Å²) < 4.78 is 0. The van der Waals surface area contributed by atoms with Gasteiger partial charge < -0.3 is 10.4 Å². The van der Waals surface area contributed by atoms with Crippen LogP contribution in [0.15, 0.2) is 48.5 Å². The van der Waals surface area contributed by atoms with Crippen LogP contribution in [0, 0.1) is 23.2 Å². The summed E-state index contributed by atoms with van der Waals surface area (Å²) in [6.45, 7) is 0.0539. The van der Waals surface area contributed by atoms with Gasteiger partial charge in [-0.05, 0) is 110 Å². The first-order chi connectivity index (χ1) is 19.1. The molecular formula is C34H39N3O2. The van der Waals surface area contributed by atoms with Gasteiger partial charge in [-0.3, -0.25) is 4.79 Å². The Hall–Kier alpha value is -3.05. The summed E-state index contributed by atoms with van der Waals surface area (Å²) in [5, 5.41) is 12.9. The SMILES string of the molecule is O=C(CCCc1ccccc1)Nc1nc2c(nc1CC13CC4CC(CC(C4)C1)C3)-c1ccc(CO)cc1CC2. The van der Waals surface area contributed by atoms with Crippen LogP contribution < -0.4 is 5.32 Å². The van der Waals surface area contributed by atoms with Gasteiger partial charge in [0.05, 0.1) is 23.7 Å². The summed E-state index contributed by atoms with van der Waals surface area (Å²) >= 11 is 0. The number of hydrogen-bond donors (Lipinski definition) is 2. The van der Waals surface area contributed by atoms with Crippen molar-refractivity contribution < 1.29 is 9.90 Å². The van der Waals surface area contributed by atoms with E-state index in [0.29, 0.717) is 17.7 Å². The predicted molar refractivity (Wildman–Crippen MR) is 153 cm³/mol. The minimum Gasteiger partial charge on any atom is -0.392 e. The van der Waals surface area contributed by atoms with E-state index >= 15 is 0 Å². The number of carbonyl (C=O) groups is 1. The number of aliphatic hydroxyl groups excluding tert-OH is 1. The van der Waals surface area contributed by atoms with Gasteiger partial charge in [-0.15, -0.1) is 0 Å². The van der Waals surface area contributed by atoms with Crippen molar-refractivity contribution in [2.45, 2.75) is 83.7 Å². The zero-order valence-electron chi connectivity index (χ0n) is 22.8. The van der Waals surface area contributed by atoms with Crippen LogP contribution in [-0.4, -0.2) is 21.0 Å². The molecule has 5 aliphatic rings. The average Bonchev–Trinajstić information content (AvgIpc) is 2.92. The van der Waals surface area contributed by atoms with Crippen molar-refractivity contribution in [2.24, 2.45) is 23.2 Å². The van der Waals surface area contributed by atoms with Crippen LogP contribution >= 0.6 is 0 Å². The summed E-state index contributed by atoms with van der Waals surface area (Å²) in [4.78, 5) is 23.6. The van der Waals surface area contributed by atoms with Crippen LogP contribution in [0.4, 0.5) is 5.82 Å². The van der Waals surface area contributed by atoms with Crippen LogP contribution in [0.5, 0.6) is 0 Å². The molecule has 5 aliphatic carbocycles. The normalized spacial score (nSPS) is 26.2. The van der Waals surface area contributed by atoms with E-state index in [4.69, 9.17) is 9.97 Å². The zero-order valence-corrected chi connectivity index (χ0v) is 22.8. The standard InChI is InChI=1S/C34H39N3O2/c38-21-23-9-11-28-27(16-23)10-12-29-32(28)35-30(20-34-17-24-13-25(18-34)15-26(14-24)19-34)33(36-29)37-31(39)8-4-7-22-5-2-1-3-6-22/h1-3,5-6,9,11,16,24-26,38H,4,7-8,10,12-15,17-21H2,(H,36,37,39). The number of rotatable bonds is 8. The summed E-state index contributed by atoms with van der Waals surface area (Å²) in [5.41, 5.74) is 7.82. The quantitative estimate of drug-likeness (QED) is 0.357. The van der Waals surface area contributed by atoms with Gasteiger partial charge in [0.25, 0.3) is 0 Å². The molecule has 0 unspecified atom stereocenters. The van der Waals surface area contributed by atoms with Crippen LogP contribution in [-0.2, 0) is 37.1 Å². The molecule has 1 amide bonds. The minimum atomic E-state index is 0.0377. The van der Waals surface area contributed by atoms with E-state index in [0.717, 1.165) is 78.1 Å². The highest BCUT2D eigenvalue weighted by atomic mass is 16.3. The number of aromatic nitrogens is 2. The van der Waals surface area contributed by atoms with Gasteiger partial charge in [0.15, 0.2) is 5.82 Å². The first-order valence-electron chi connectivity index (χ1n) is 15.0. The van der Waals surface area contributed by atoms with E-state index in [9.17, 15) is 9.90 Å². The number of aryl methyl sites for hydroxylation is 3. The van der Waals surface area contributed by atoms with Crippen molar-refractivity contribution >= 4 is 11.7 Å². The lowest BCUT2D eigenvalue weighted by Crippen LogP contribution is -2.47. The van der Waals surface area contributed by atoms with Crippen molar-refractivity contribution in [3.63, 3.8) is 0 Å². The van der Waals surface area contributed by atoms with Crippen molar-refractivity contribution in [1.29, 1.82) is 0 Å². The molecule has 1 heterocycles. The first-order valence-corrected chi connectivity index (χ1v) is 15.0. The number of carbonyl (C=O) groups excluding carboxylic acids is 1. The lowest BCUT2D eigenvalue weighted by atomic mass is 9.48. The number of nitrogens with one attached hydrogen (secondary N) is 1. The molecule has 4 fully saturated rings. The zero-order chi connectivity index (χ0) is 26.4. The fourth-order valence-electron chi connectivity index (χ4n) is 8.71. The van der Waals surface area contributed by atoms with E-state index in [2.05, 4.69) is 41.7 Å². The lowest BCUT2D eigenvalue weighted by Gasteiger charge is -2.57. The minimum absolute atomic E-state index is 0.0377. The van der Waals surface area contributed by atoms with Crippen LogP contribution in [0.1, 0.15) is 79.4 Å². The van der Waals surface area contributed by atoms with Gasteiger partial charge in [-0.2, -0.15) is 0 Å². The Bertz CT molecular complexity index is 1350. The van der Waals surface area contributed by atoms with Gasteiger partial charge in [0, 0.05) is 12.0 Å². The van der Waals surface area contributed by atoms with E-state index < -0.39 is 0 Å². The molecule has 2 aromatic carbocycles. The second kappa shape index (κ2) is 10.2. The lowest BCUT2D eigenvalue weighted by molar-refractivity contribution is -0.116. The summed E-state index contributed by atoms with van der Waals surface area (Å²) in [7, 11) is 0. The second-order valence-corrected chi connectivity index (χ2v) is 12.9. The summed E-state index contributed by atoms with van der Waals surface area (Å²) in [6.07, 6.45) is 13.0. The Balaban J connectivity index is 1.18. The van der Waals surface area contributed by atoms with Crippen molar-refractivity contribution in [1.82, 2.24) is 9.97 Å². The van der Waals surface area contributed by atoms with Gasteiger partial charge in [0.1, 0.15) is 0 Å². The summed E-state index contributed by atoms with van der Waals surface area (Å²) in [5.74, 6) is 3.35. The van der Waals surface area contributed by atoms with Gasteiger partial charge >= 0.3 is 0 Å². The van der Waals surface area contributed by atoms with Crippen LogP contribution in [0.3, 0.4) is 0 Å². The maximum atomic E-state index is 13.2. The Morgan fingerprint density at radius 2 is 1.67 bits per heavy atom. The Kier molecular flexibility index (Phi) is 6.50. The average molecular weight is 522 g/mol. The van der Waals surface area contributed by atoms with Crippen LogP contribution in [0.25, 0.3) is 11.3 Å². The maximum Gasteiger partial charge on any atom is 0.225 e.